The molecular formula is C14H21ClN2. The van der Waals surface area contributed by atoms with Crippen molar-refractivity contribution >= 4 is 11.6 Å². The smallest absolute Gasteiger partial charge is 0.0496 e. The number of piperidine rings is 1. The molecule has 0 bridgehead atoms. The molecule has 0 amide bonds. The molecule has 1 heterocycles. The van der Waals surface area contributed by atoms with Gasteiger partial charge in [-0.05, 0) is 50.6 Å². The predicted octanol–water partition coefficient (Wildman–Crippen LogP) is 3.21. The maximum absolute atomic E-state index is 6.16. The van der Waals surface area contributed by atoms with Crippen molar-refractivity contribution in [3.8, 4) is 0 Å². The van der Waals surface area contributed by atoms with Crippen molar-refractivity contribution in [3.63, 3.8) is 0 Å². The number of likely N-dealkylation sites (tertiary alicyclic amines) is 1. The highest BCUT2D eigenvalue weighted by molar-refractivity contribution is 6.30. The minimum Gasteiger partial charge on any atom is -0.326 e. The van der Waals surface area contributed by atoms with Gasteiger partial charge in [0.15, 0.2) is 0 Å². The summed E-state index contributed by atoms with van der Waals surface area (Å²) in [6.45, 7) is 4.41. The largest absolute Gasteiger partial charge is 0.326 e. The van der Waals surface area contributed by atoms with Gasteiger partial charge in [-0.3, -0.25) is 4.90 Å². The van der Waals surface area contributed by atoms with Gasteiger partial charge in [-0.1, -0.05) is 30.2 Å². The van der Waals surface area contributed by atoms with Gasteiger partial charge in [0, 0.05) is 17.1 Å². The lowest BCUT2D eigenvalue weighted by molar-refractivity contribution is 0.146. The second-order valence-corrected chi connectivity index (χ2v) is 5.39. The zero-order valence-corrected chi connectivity index (χ0v) is 11.2. The zero-order chi connectivity index (χ0) is 12.3. The number of halogens is 1. The summed E-state index contributed by atoms with van der Waals surface area (Å²) in [6, 6.07) is 8.59. The van der Waals surface area contributed by atoms with Crippen molar-refractivity contribution in [3.05, 3.63) is 34.9 Å². The van der Waals surface area contributed by atoms with Crippen LogP contribution in [-0.4, -0.2) is 24.0 Å². The van der Waals surface area contributed by atoms with Crippen LogP contribution in [0.4, 0.5) is 0 Å². The van der Waals surface area contributed by atoms with E-state index in [0.717, 1.165) is 18.1 Å². The molecule has 1 aromatic carbocycles. The van der Waals surface area contributed by atoms with Gasteiger partial charge in [0.2, 0.25) is 0 Å². The minimum absolute atomic E-state index is 0.147. The highest BCUT2D eigenvalue weighted by Gasteiger charge is 2.25. The second kappa shape index (κ2) is 5.85. The zero-order valence-electron chi connectivity index (χ0n) is 10.4. The van der Waals surface area contributed by atoms with Crippen LogP contribution >= 0.6 is 11.6 Å². The summed E-state index contributed by atoms with van der Waals surface area (Å²) >= 11 is 5.94. The van der Waals surface area contributed by atoms with Crippen LogP contribution in [0.3, 0.4) is 0 Å². The molecule has 2 rings (SSSR count). The van der Waals surface area contributed by atoms with Gasteiger partial charge in [-0.2, -0.15) is 0 Å². The molecule has 94 valence electrons. The van der Waals surface area contributed by atoms with Crippen LogP contribution < -0.4 is 5.73 Å². The molecule has 2 N–H and O–H groups in total. The topological polar surface area (TPSA) is 29.3 Å². The van der Waals surface area contributed by atoms with Crippen molar-refractivity contribution in [1.29, 1.82) is 0 Å². The maximum Gasteiger partial charge on any atom is 0.0496 e. The molecular weight excluding hydrogens is 232 g/mol. The van der Waals surface area contributed by atoms with Crippen LogP contribution in [0.15, 0.2) is 24.3 Å². The first-order valence-electron chi connectivity index (χ1n) is 6.43. The molecule has 0 aromatic heterocycles. The Morgan fingerprint density at radius 3 is 2.24 bits per heavy atom. The van der Waals surface area contributed by atoms with Crippen LogP contribution in [0.2, 0.25) is 5.02 Å². The normalized spacial score (nSPS) is 21.1. The third-order valence-electron chi connectivity index (χ3n) is 3.49. The van der Waals surface area contributed by atoms with Gasteiger partial charge in [0.05, 0.1) is 0 Å². The molecule has 3 heteroatoms. The second-order valence-electron chi connectivity index (χ2n) is 4.95. The number of benzene rings is 1. The van der Waals surface area contributed by atoms with E-state index >= 15 is 0 Å². The standard InChI is InChI=1S/C14H21ClN2/c1-11(16)14(17-9-3-2-4-10-17)12-5-7-13(15)8-6-12/h5-8,11,14H,2-4,9-10,16H2,1H3. The molecule has 0 radical (unpaired) electrons. The molecule has 0 saturated carbocycles. The molecule has 1 aromatic rings. The molecule has 2 nitrogen and oxygen atoms in total. The van der Waals surface area contributed by atoms with Crippen LogP contribution in [0.1, 0.15) is 37.8 Å². The molecule has 2 unspecified atom stereocenters. The van der Waals surface area contributed by atoms with Gasteiger partial charge in [-0.25, -0.2) is 0 Å². The number of hydrogen-bond acceptors (Lipinski definition) is 2. The van der Waals surface area contributed by atoms with Gasteiger partial charge in [-0.15, -0.1) is 0 Å². The highest BCUT2D eigenvalue weighted by Crippen LogP contribution is 2.27. The van der Waals surface area contributed by atoms with Crippen molar-refractivity contribution in [2.75, 3.05) is 13.1 Å². The number of nitrogens with zero attached hydrogens (tertiary/aromatic N) is 1. The van der Waals surface area contributed by atoms with E-state index in [2.05, 4.69) is 24.0 Å². The summed E-state index contributed by atoms with van der Waals surface area (Å²) < 4.78 is 0. The summed E-state index contributed by atoms with van der Waals surface area (Å²) in [6.07, 6.45) is 3.93. The highest BCUT2D eigenvalue weighted by atomic mass is 35.5. The average molecular weight is 253 g/mol. The SMILES string of the molecule is CC(N)C(c1ccc(Cl)cc1)N1CCCCC1. The Morgan fingerprint density at radius 2 is 1.71 bits per heavy atom. The molecule has 0 aliphatic carbocycles. The molecule has 1 fully saturated rings. The maximum atomic E-state index is 6.16. The lowest BCUT2D eigenvalue weighted by atomic mass is 9.97. The van der Waals surface area contributed by atoms with E-state index < -0.39 is 0 Å². The number of nitrogens with two attached hydrogens (primary N) is 1. The van der Waals surface area contributed by atoms with E-state index in [1.54, 1.807) is 0 Å². The van der Waals surface area contributed by atoms with E-state index in [1.165, 1.54) is 24.8 Å². The monoisotopic (exact) mass is 252 g/mol. The third kappa shape index (κ3) is 3.21. The summed E-state index contributed by atoms with van der Waals surface area (Å²) in [4.78, 5) is 2.51. The van der Waals surface area contributed by atoms with Gasteiger partial charge >= 0.3 is 0 Å². The lowest BCUT2D eigenvalue weighted by Gasteiger charge is -2.37. The van der Waals surface area contributed by atoms with Crippen LogP contribution in [0.5, 0.6) is 0 Å². The van der Waals surface area contributed by atoms with Crippen molar-refractivity contribution in [2.45, 2.75) is 38.3 Å². The van der Waals surface area contributed by atoms with Crippen LogP contribution in [-0.2, 0) is 0 Å². The Labute approximate surface area is 109 Å². The Bertz CT molecular complexity index is 342. The Kier molecular flexibility index (Phi) is 4.43. The molecule has 17 heavy (non-hydrogen) atoms. The summed E-state index contributed by atoms with van der Waals surface area (Å²) in [5.41, 5.74) is 7.45. The first-order valence-corrected chi connectivity index (χ1v) is 6.81. The molecule has 1 aliphatic rings. The van der Waals surface area contributed by atoms with Gasteiger partial charge in [0.1, 0.15) is 0 Å². The fourth-order valence-electron chi connectivity index (χ4n) is 2.70. The Balaban J connectivity index is 2.18. The molecule has 1 saturated heterocycles. The lowest BCUT2D eigenvalue weighted by Crippen LogP contribution is -2.42. The Hall–Kier alpha value is -0.570. The van der Waals surface area contributed by atoms with E-state index in [0.29, 0.717) is 6.04 Å². The number of hydrogen-bond donors (Lipinski definition) is 1. The molecule has 2 atom stereocenters. The van der Waals surface area contributed by atoms with Crippen molar-refractivity contribution < 1.29 is 0 Å². The van der Waals surface area contributed by atoms with Gasteiger partial charge < -0.3 is 5.73 Å². The van der Waals surface area contributed by atoms with E-state index in [-0.39, 0.29) is 6.04 Å². The van der Waals surface area contributed by atoms with E-state index in [1.807, 2.05) is 12.1 Å². The van der Waals surface area contributed by atoms with Crippen molar-refractivity contribution in [1.82, 2.24) is 4.90 Å². The third-order valence-corrected chi connectivity index (χ3v) is 3.75. The van der Waals surface area contributed by atoms with Crippen molar-refractivity contribution in [2.24, 2.45) is 5.73 Å². The fraction of sp³-hybridized carbons (Fsp3) is 0.571. The predicted molar refractivity (Wildman–Crippen MR) is 73.3 cm³/mol. The van der Waals surface area contributed by atoms with Crippen LogP contribution in [0, 0.1) is 0 Å². The fourth-order valence-corrected chi connectivity index (χ4v) is 2.83. The first kappa shape index (κ1) is 12.9. The number of rotatable bonds is 3. The minimum atomic E-state index is 0.147. The summed E-state index contributed by atoms with van der Waals surface area (Å²) in [5.74, 6) is 0. The quantitative estimate of drug-likeness (QED) is 0.895. The average Bonchev–Trinajstić information content (AvgIpc) is 2.33. The first-order chi connectivity index (χ1) is 8.18. The Morgan fingerprint density at radius 1 is 1.12 bits per heavy atom. The van der Waals surface area contributed by atoms with E-state index in [4.69, 9.17) is 17.3 Å². The summed E-state index contributed by atoms with van der Waals surface area (Å²) in [7, 11) is 0. The van der Waals surface area contributed by atoms with E-state index in [9.17, 15) is 0 Å². The molecule has 0 spiro atoms. The molecule has 1 aliphatic heterocycles. The summed E-state index contributed by atoms with van der Waals surface area (Å²) in [5, 5.41) is 0.788. The van der Waals surface area contributed by atoms with Crippen LogP contribution in [0.25, 0.3) is 0 Å². The van der Waals surface area contributed by atoms with Gasteiger partial charge in [0.25, 0.3) is 0 Å².